The molecule has 21 heavy (non-hydrogen) atoms. The molecule has 0 spiro atoms. The van der Waals surface area contributed by atoms with Crippen molar-refractivity contribution in [2.24, 2.45) is 0 Å². The molecule has 0 atom stereocenters. The fourth-order valence-electron chi connectivity index (χ4n) is 1.90. The number of alkyl halides is 1. The highest BCUT2D eigenvalue weighted by atomic mass is 79.9. The highest BCUT2D eigenvalue weighted by Gasteiger charge is 2.14. The Morgan fingerprint density at radius 1 is 0.810 bits per heavy atom. The average molecular weight is 353 g/mol. The molecule has 2 aromatic carbocycles. The molecule has 2 aromatic rings. The zero-order valence-corrected chi connectivity index (χ0v) is 13.8. The van der Waals surface area contributed by atoms with Gasteiger partial charge in [0.15, 0.2) is 11.5 Å². The molecule has 0 aliphatic carbocycles. The topological polar surface area (TPSA) is 36.9 Å². The number of benzene rings is 2. The first-order valence-electron chi connectivity index (χ1n) is 6.34. The molecule has 0 heterocycles. The lowest BCUT2D eigenvalue weighted by molar-refractivity contribution is 0.321. The molecular formula is C16H17BrO4. The van der Waals surface area contributed by atoms with Gasteiger partial charge in [-0.2, -0.15) is 0 Å². The summed E-state index contributed by atoms with van der Waals surface area (Å²) in [6.45, 7) is 0. The maximum atomic E-state index is 5.83. The number of ether oxygens (including phenoxy) is 4. The minimum absolute atomic E-state index is 0.544. The standard InChI is InChI=1S/C16H17BrO4/c1-18-14-8-13(9-15(19-2)16(14)20-3)21-12-6-4-11(10-17)5-7-12/h4-9H,10H2,1-3H3. The van der Waals surface area contributed by atoms with Crippen LogP contribution in [0, 0.1) is 0 Å². The fraction of sp³-hybridized carbons (Fsp3) is 0.250. The highest BCUT2D eigenvalue weighted by molar-refractivity contribution is 9.08. The first-order valence-corrected chi connectivity index (χ1v) is 7.46. The molecule has 0 unspecified atom stereocenters. The maximum absolute atomic E-state index is 5.83. The van der Waals surface area contributed by atoms with Crippen molar-refractivity contribution in [3.05, 3.63) is 42.0 Å². The molecule has 0 saturated carbocycles. The molecule has 4 nitrogen and oxygen atoms in total. The Hall–Kier alpha value is -1.88. The van der Waals surface area contributed by atoms with Gasteiger partial charge in [-0.1, -0.05) is 28.1 Å². The molecule has 5 heteroatoms. The Labute approximate surface area is 132 Å². The van der Waals surface area contributed by atoms with Crippen molar-refractivity contribution in [3.63, 3.8) is 0 Å². The van der Waals surface area contributed by atoms with Crippen LogP contribution in [-0.2, 0) is 5.33 Å². The van der Waals surface area contributed by atoms with Crippen molar-refractivity contribution in [1.82, 2.24) is 0 Å². The van der Waals surface area contributed by atoms with Crippen molar-refractivity contribution in [1.29, 1.82) is 0 Å². The smallest absolute Gasteiger partial charge is 0.203 e. The lowest BCUT2D eigenvalue weighted by atomic mass is 10.2. The summed E-state index contributed by atoms with van der Waals surface area (Å²) in [5.41, 5.74) is 1.19. The lowest BCUT2D eigenvalue weighted by Gasteiger charge is -2.14. The summed E-state index contributed by atoms with van der Waals surface area (Å²) < 4.78 is 21.7. The molecule has 0 aromatic heterocycles. The molecule has 0 saturated heterocycles. The minimum atomic E-state index is 0.544. The summed E-state index contributed by atoms with van der Waals surface area (Å²) in [5, 5.41) is 0.817. The third kappa shape index (κ3) is 3.61. The molecule has 0 fully saturated rings. The van der Waals surface area contributed by atoms with Crippen LogP contribution in [0.15, 0.2) is 36.4 Å². The summed E-state index contributed by atoms with van der Waals surface area (Å²) >= 11 is 3.41. The molecule has 0 bridgehead atoms. The number of methoxy groups -OCH3 is 3. The molecule has 0 amide bonds. The van der Waals surface area contributed by atoms with Crippen LogP contribution in [0.5, 0.6) is 28.7 Å². The number of hydrogen-bond donors (Lipinski definition) is 0. The Morgan fingerprint density at radius 2 is 1.38 bits per heavy atom. The van der Waals surface area contributed by atoms with Gasteiger partial charge in [0.1, 0.15) is 11.5 Å². The van der Waals surface area contributed by atoms with Crippen molar-refractivity contribution in [2.45, 2.75) is 5.33 Å². The Morgan fingerprint density at radius 3 is 1.81 bits per heavy atom. The van der Waals surface area contributed by atoms with E-state index >= 15 is 0 Å². The van der Waals surface area contributed by atoms with E-state index < -0.39 is 0 Å². The van der Waals surface area contributed by atoms with Gasteiger partial charge in [-0.25, -0.2) is 0 Å². The Kier molecular flexibility index (Phi) is 5.33. The van der Waals surface area contributed by atoms with Gasteiger partial charge in [-0.3, -0.25) is 0 Å². The molecule has 2 rings (SSSR count). The van der Waals surface area contributed by atoms with E-state index in [0.29, 0.717) is 23.0 Å². The molecule has 0 N–H and O–H groups in total. The predicted octanol–water partition coefficient (Wildman–Crippen LogP) is 4.40. The van der Waals surface area contributed by atoms with Gasteiger partial charge in [0.25, 0.3) is 0 Å². The second kappa shape index (κ2) is 7.22. The first kappa shape index (κ1) is 15.5. The van der Waals surface area contributed by atoms with Crippen LogP contribution in [0.25, 0.3) is 0 Å². The SMILES string of the molecule is COc1cc(Oc2ccc(CBr)cc2)cc(OC)c1OC. The zero-order chi connectivity index (χ0) is 15.2. The first-order chi connectivity index (χ1) is 10.2. The van der Waals surface area contributed by atoms with E-state index in [0.717, 1.165) is 11.1 Å². The third-order valence-electron chi connectivity index (χ3n) is 2.95. The summed E-state index contributed by atoms with van der Waals surface area (Å²) in [7, 11) is 4.72. The Balaban J connectivity index is 2.30. The number of rotatable bonds is 6. The largest absolute Gasteiger partial charge is 0.493 e. The fourth-order valence-corrected chi connectivity index (χ4v) is 2.27. The van der Waals surface area contributed by atoms with Crippen LogP contribution in [-0.4, -0.2) is 21.3 Å². The van der Waals surface area contributed by atoms with E-state index in [4.69, 9.17) is 18.9 Å². The highest BCUT2D eigenvalue weighted by Crippen LogP contribution is 2.41. The summed E-state index contributed by atoms with van der Waals surface area (Å²) in [5.74, 6) is 3.03. The van der Waals surface area contributed by atoms with Crippen molar-refractivity contribution >= 4 is 15.9 Å². The molecule has 0 aliphatic heterocycles. The van der Waals surface area contributed by atoms with Gasteiger partial charge >= 0.3 is 0 Å². The van der Waals surface area contributed by atoms with E-state index in [9.17, 15) is 0 Å². The van der Waals surface area contributed by atoms with E-state index in [1.54, 1.807) is 33.5 Å². The average Bonchev–Trinajstić information content (AvgIpc) is 2.54. The van der Waals surface area contributed by atoms with E-state index in [-0.39, 0.29) is 0 Å². The van der Waals surface area contributed by atoms with Gasteiger partial charge < -0.3 is 18.9 Å². The Bertz CT molecular complexity index is 571. The van der Waals surface area contributed by atoms with Crippen LogP contribution in [0.1, 0.15) is 5.56 Å². The van der Waals surface area contributed by atoms with E-state index in [1.807, 2.05) is 24.3 Å². The summed E-state index contributed by atoms with van der Waals surface area (Å²) in [6.07, 6.45) is 0. The third-order valence-corrected chi connectivity index (χ3v) is 3.60. The van der Waals surface area contributed by atoms with Gasteiger partial charge in [0, 0.05) is 17.5 Å². The summed E-state index contributed by atoms with van der Waals surface area (Å²) in [4.78, 5) is 0. The number of halogens is 1. The molecule has 112 valence electrons. The van der Waals surface area contributed by atoms with Crippen LogP contribution < -0.4 is 18.9 Å². The van der Waals surface area contributed by atoms with Crippen LogP contribution >= 0.6 is 15.9 Å². The minimum Gasteiger partial charge on any atom is -0.493 e. The maximum Gasteiger partial charge on any atom is 0.203 e. The molecular weight excluding hydrogens is 336 g/mol. The van der Waals surface area contributed by atoms with Crippen molar-refractivity contribution in [2.75, 3.05) is 21.3 Å². The van der Waals surface area contributed by atoms with Gasteiger partial charge in [0.2, 0.25) is 5.75 Å². The van der Waals surface area contributed by atoms with Crippen molar-refractivity contribution < 1.29 is 18.9 Å². The van der Waals surface area contributed by atoms with Gasteiger partial charge in [0.05, 0.1) is 21.3 Å². The van der Waals surface area contributed by atoms with E-state index in [2.05, 4.69) is 15.9 Å². The molecule has 0 aliphatic rings. The predicted molar refractivity (Wildman–Crippen MR) is 85.2 cm³/mol. The molecule has 0 radical (unpaired) electrons. The lowest BCUT2D eigenvalue weighted by Crippen LogP contribution is -1.96. The van der Waals surface area contributed by atoms with Crippen molar-refractivity contribution in [3.8, 4) is 28.7 Å². The van der Waals surface area contributed by atoms with E-state index in [1.165, 1.54) is 5.56 Å². The number of hydrogen-bond acceptors (Lipinski definition) is 4. The van der Waals surface area contributed by atoms with Crippen LogP contribution in [0.4, 0.5) is 0 Å². The quantitative estimate of drug-likeness (QED) is 0.722. The van der Waals surface area contributed by atoms with Gasteiger partial charge in [-0.15, -0.1) is 0 Å². The second-order valence-electron chi connectivity index (χ2n) is 4.24. The zero-order valence-electron chi connectivity index (χ0n) is 12.2. The van der Waals surface area contributed by atoms with Gasteiger partial charge in [-0.05, 0) is 17.7 Å². The second-order valence-corrected chi connectivity index (χ2v) is 4.80. The summed E-state index contributed by atoms with van der Waals surface area (Å²) in [6, 6.07) is 11.4. The van der Waals surface area contributed by atoms with Crippen LogP contribution in [0.2, 0.25) is 0 Å². The monoisotopic (exact) mass is 352 g/mol. The normalized spacial score (nSPS) is 10.1. The van der Waals surface area contributed by atoms with Crippen LogP contribution in [0.3, 0.4) is 0 Å².